The first kappa shape index (κ1) is 12.6. The van der Waals surface area contributed by atoms with Crippen molar-refractivity contribution >= 4 is 27.7 Å². The van der Waals surface area contributed by atoms with E-state index in [1.54, 1.807) is 6.20 Å². The summed E-state index contributed by atoms with van der Waals surface area (Å²) >= 11 is 3.39. The number of carbonyl (C=O) groups is 1. The number of anilines is 1. The van der Waals surface area contributed by atoms with E-state index in [-0.39, 0.29) is 11.8 Å². The van der Waals surface area contributed by atoms with Crippen molar-refractivity contribution in [2.24, 2.45) is 5.92 Å². The molecule has 0 aromatic carbocycles. The van der Waals surface area contributed by atoms with E-state index in [9.17, 15) is 4.79 Å². The second kappa shape index (κ2) is 6.15. The Kier molecular flexibility index (Phi) is 4.54. The highest BCUT2D eigenvalue weighted by Crippen LogP contribution is 2.25. The summed E-state index contributed by atoms with van der Waals surface area (Å²) in [5, 5.41) is 2.91. The summed E-state index contributed by atoms with van der Waals surface area (Å²) in [4.78, 5) is 16.3. The molecule has 1 heterocycles. The molecule has 0 saturated heterocycles. The van der Waals surface area contributed by atoms with Gasteiger partial charge >= 0.3 is 0 Å². The molecule has 0 spiro atoms. The maximum atomic E-state index is 12.1. The van der Waals surface area contributed by atoms with Crippen LogP contribution in [0.1, 0.15) is 38.5 Å². The van der Waals surface area contributed by atoms with E-state index < -0.39 is 0 Å². The number of halogens is 1. The molecule has 1 amide bonds. The number of nitrogens with one attached hydrogen (secondary N) is 1. The number of aromatic nitrogens is 1. The SMILES string of the molecule is O=C(Nc1ncccc1Br)C1CCCCCC1. The van der Waals surface area contributed by atoms with Gasteiger partial charge in [0, 0.05) is 12.1 Å². The van der Waals surface area contributed by atoms with Crippen molar-refractivity contribution in [3.8, 4) is 0 Å². The first-order chi connectivity index (χ1) is 8.27. The summed E-state index contributed by atoms with van der Waals surface area (Å²) in [6.07, 6.45) is 8.57. The maximum Gasteiger partial charge on any atom is 0.228 e. The zero-order valence-electron chi connectivity index (χ0n) is 9.79. The lowest BCUT2D eigenvalue weighted by Crippen LogP contribution is -2.23. The van der Waals surface area contributed by atoms with Gasteiger partial charge in [-0.1, -0.05) is 25.7 Å². The van der Waals surface area contributed by atoms with E-state index >= 15 is 0 Å². The van der Waals surface area contributed by atoms with E-state index in [2.05, 4.69) is 26.2 Å². The van der Waals surface area contributed by atoms with E-state index in [0.717, 1.165) is 17.3 Å². The average Bonchev–Trinajstić information content (AvgIpc) is 2.61. The third-order valence-electron chi connectivity index (χ3n) is 3.23. The van der Waals surface area contributed by atoms with Crippen LogP contribution < -0.4 is 5.32 Å². The van der Waals surface area contributed by atoms with Gasteiger partial charge in [-0.2, -0.15) is 0 Å². The molecular weight excluding hydrogens is 280 g/mol. The Hall–Kier alpha value is -0.900. The molecule has 0 bridgehead atoms. The van der Waals surface area contributed by atoms with Crippen LogP contribution in [-0.2, 0) is 4.79 Å². The monoisotopic (exact) mass is 296 g/mol. The molecule has 0 aliphatic heterocycles. The van der Waals surface area contributed by atoms with E-state index in [4.69, 9.17) is 0 Å². The van der Waals surface area contributed by atoms with Crippen LogP contribution in [0, 0.1) is 5.92 Å². The van der Waals surface area contributed by atoms with Gasteiger partial charge in [-0.15, -0.1) is 0 Å². The molecule has 1 aliphatic carbocycles. The van der Waals surface area contributed by atoms with Gasteiger partial charge in [-0.3, -0.25) is 4.79 Å². The van der Waals surface area contributed by atoms with Gasteiger partial charge in [0.25, 0.3) is 0 Å². The fourth-order valence-corrected chi connectivity index (χ4v) is 2.59. The summed E-state index contributed by atoms with van der Waals surface area (Å²) in [7, 11) is 0. The standard InChI is InChI=1S/C13H17BrN2O/c14-11-8-5-9-15-12(11)16-13(17)10-6-3-1-2-4-7-10/h5,8-10H,1-4,6-7H2,(H,15,16,17). The predicted molar refractivity (Wildman–Crippen MR) is 71.8 cm³/mol. The lowest BCUT2D eigenvalue weighted by Gasteiger charge is -2.14. The Morgan fingerprint density at radius 2 is 2.00 bits per heavy atom. The fourth-order valence-electron chi connectivity index (χ4n) is 2.24. The van der Waals surface area contributed by atoms with E-state index in [1.165, 1.54) is 25.7 Å². The highest BCUT2D eigenvalue weighted by molar-refractivity contribution is 9.10. The van der Waals surface area contributed by atoms with Gasteiger partial charge in [-0.05, 0) is 40.9 Å². The first-order valence-electron chi connectivity index (χ1n) is 6.19. The summed E-state index contributed by atoms with van der Waals surface area (Å²) in [5.74, 6) is 0.902. The lowest BCUT2D eigenvalue weighted by atomic mass is 9.99. The molecule has 1 N–H and O–H groups in total. The molecule has 3 nitrogen and oxygen atoms in total. The largest absolute Gasteiger partial charge is 0.310 e. The van der Waals surface area contributed by atoms with Gasteiger partial charge in [0.1, 0.15) is 5.82 Å². The molecule has 4 heteroatoms. The third-order valence-corrected chi connectivity index (χ3v) is 3.87. The average molecular weight is 297 g/mol. The highest BCUT2D eigenvalue weighted by atomic mass is 79.9. The van der Waals surface area contributed by atoms with Crippen molar-refractivity contribution < 1.29 is 4.79 Å². The minimum absolute atomic E-state index is 0.117. The highest BCUT2D eigenvalue weighted by Gasteiger charge is 2.20. The lowest BCUT2D eigenvalue weighted by molar-refractivity contribution is -0.120. The molecular formula is C13H17BrN2O. The molecule has 0 unspecified atom stereocenters. The summed E-state index contributed by atoms with van der Waals surface area (Å²) in [6, 6.07) is 3.72. The Bertz CT molecular complexity index is 387. The Morgan fingerprint density at radius 3 is 2.65 bits per heavy atom. The van der Waals surface area contributed by atoms with Crippen LogP contribution in [0.15, 0.2) is 22.8 Å². The van der Waals surface area contributed by atoms with Crippen molar-refractivity contribution in [2.75, 3.05) is 5.32 Å². The minimum atomic E-state index is 0.117. The Balaban J connectivity index is 1.98. The second-order valence-electron chi connectivity index (χ2n) is 4.51. The molecule has 1 aromatic heterocycles. The summed E-state index contributed by atoms with van der Waals surface area (Å²) in [5.41, 5.74) is 0. The Morgan fingerprint density at radius 1 is 1.29 bits per heavy atom. The van der Waals surface area contributed by atoms with Crippen molar-refractivity contribution in [2.45, 2.75) is 38.5 Å². The molecule has 17 heavy (non-hydrogen) atoms. The summed E-state index contributed by atoms with van der Waals surface area (Å²) < 4.78 is 0.835. The number of carbonyl (C=O) groups excluding carboxylic acids is 1. The van der Waals surface area contributed by atoms with Crippen molar-refractivity contribution in [3.05, 3.63) is 22.8 Å². The second-order valence-corrected chi connectivity index (χ2v) is 5.37. The number of pyridine rings is 1. The van der Waals surface area contributed by atoms with E-state index in [0.29, 0.717) is 5.82 Å². The molecule has 2 rings (SSSR count). The number of amides is 1. The van der Waals surface area contributed by atoms with Crippen LogP contribution >= 0.6 is 15.9 Å². The van der Waals surface area contributed by atoms with Crippen molar-refractivity contribution in [1.82, 2.24) is 4.98 Å². The molecule has 1 aliphatic rings. The molecule has 1 saturated carbocycles. The fraction of sp³-hybridized carbons (Fsp3) is 0.538. The maximum absolute atomic E-state index is 12.1. The summed E-state index contributed by atoms with van der Waals surface area (Å²) in [6.45, 7) is 0. The van der Waals surface area contributed by atoms with Crippen LogP contribution in [0.3, 0.4) is 0 Å². The minimum Gasteiger partial charge on any atom is -0.310 e. The third kappa shape index (κ3) is 3.53. The van der Waals surface area contributed by atoms with Crippen molar-refractivity contribution in [3.63, 3.8) is 0 Å². The van der Waals surface area contributed by atoms with E-state index in [1.807, 2.05) is 12.1 Å². The number of hydrogen-bond donors (Lipinski definition) is 1. The number of nitrogens with zero attached hydrogens (tertiary/aromatic N) is 1. The Labute approximate surface area is 110 Å². The number of hydrogen-bond acceptors (Lipinski definition) is 2. The number of rotatable bonds is 2. The van der Waals surface area contributed by atoms with Crippen LogP contribution in [0.4, 0.5) is 5.82 Å². The van der Waals surface area contributed by atoms with Gasteiger partial charge in [0.15, 0.2) is 0 Å². The van der Waals surface area contributed by atoms with Gasteiger partial charge < -0.3 is 5.32 Å². The van der Waals surface area contributed by atoms with Crippen LogP contribution in [0.5, 0.6) is 0 Å². The van der Waals surface area contributed by atoms with Crippen molar-refractivity contribution in [1.29, 1.82) is 0 Å². The van der Waals surface area contributed by atoms with Gasteiger partial charge in [0.05, 0.1) is 4.47 Å². The smallest absolute Gasteiger partial charge is 0.228 e. The molecule has 92 valence electrons. The normalized spacial score (nSPS) is 17.5. The topological polar surface area (TPSA) is 42.0 Å². The molecule has 1 aromatic rings. The van der Waals surface area contributed by atoms with Gasteiger partial charge in [-0.25, -0.2) is 4.98 Å². The zero-order valence-corrected chi connectivity index (χ0v) is 11.4. The van der Waals surface area contributed by atoms with Crippen LogP contribution in [0.25, 0.3) is 0 Å². The molecule has 0 radical (unpaired) electrons. The quantitative estimate of drug-likeness (QED) is 0.845. The van der Waals surface area contributed by atoms with Crippen LogP contribution in [0.2, 0.25) is 0 Å². The van der Waals surface area contributed by atoms with Gasteiger partial charge in [0.2, 0.25) is 5.91 Å². The van der Waals surface area contributed by atoms with Crippen LogP contribution in [-0.4, -0.2) is 10.9 Å². The first-order valence-corrected chi connectivity index (χ1v) is 6.98. The molecule has 0 atom stereocenters. The predicted octanol–water partition coefficient (Wildman–Crippen LogP) is 3.75. The molecule has 1 fully saturated rings. The zero-order chi connectivity index (χ0) is 12.1.